The van der Waals surface area contributed by atoms with Crippen LogP contribution in [0.5, 0.6) is 0 Å². The van der Waals surface area contributed by atoms with Gasteiger partial charge < -0.3 is 5.32 Å². The van der Waals surface area contributed by atoms with E-state index in [1.165, 1.54) is 37.7 Å². The summed E-state index contributed by atoms with van der Waals surface area (Å²) in [5.74, 6) is 0. The van der Waals surface area contributed by atoms with E-state index in [0.29, 0.717) is 0 Å². The molecule has 0 aliphatic carbocycles. The van der Waals surface area contributed by atoms with Crippen molar-refractivity contribution >= 4 is 11.6 Å². The summed E-state index contributed by atoms with van der Waals surface area (Å²) in [5.41, 5.74) is 1.65. The van der Waals surface area contributed by atoms with E-state index in [1.807, 2.05) is 12.1 Å². The molecule has 1 aromatic rings. The Bertz CT molecular complexity index is 324. The van der Waals surface area contributed by atoms with Gasteiger partial charge in [-0.3, -0.25) is 0 Å². The first-order valence-electron chi connectivity index (χ1n) is 6.97. The fourth-order valence-corrected chi connectivity index (χ4v) is 2.05. The van der Waals surface area contributed by atoms with E-state index in [9.17, 15) is 0 Å². The van der Waals surface area contributed by atoms with Crippen molar-refractivity contribution in [2.75, 3.05) is 6.54 Å². The normalized spacial score (nSPS) is 11.8. The van der Waals surface area contributed by atoms with Gasteiger partial charge in [-0.15, -0.1) is 0 Å². The SMILES string of the molecule is CC(C)(C)NCCCCCCc1ccc(Cl)cc1. The molecule has 0 aromatic heterocycles. The standard InChI is InChI=1S/C16H26ClN/c1-16(2,3)18-13-7-5-4-6-8-14-9-11-15(17)12-10-14/h9-12,18H,4-8,13H2,1-3H3. The largest absolute Gasteiger partial charge is 0.312 e. The van der Waals surface area contributed by atoms with E-state index in [4.69, 9.17) is 11.6 Å². The van der Waals surface area contributed by atoms with Gasteiger partial charge in [0.2, 0.25) is 0 Å². The van der Waals surface area contributed by atoms with Crippen molar-refractivity contribution in [1.82, 2.24) is 5.32 Å². The molecule has 1 aromatic carbocycles. The second-order valence-electron chi connectivity index (χ2n) is 5.97. The van der Waals surface area contributed by atoms with Gasteiger partial charge in [0.1, 0.15) is 0 Å². The van der Waals surface area contributed by atoms with Gasteiger partial charge in [0, 0.05) is 10.6 Å². The van der Waals surface area contributed by atoms with Crippen LogP contribution in [-0.2, 0) is 6.42 Å². The Hall–Kier alpha value is -0.530. The van der Waals surface area contributed by atoms with E-state index in [-0.39, 0.29) is 5.54 Å². The molecule has 0 aliphatic rings. The Morgan fingerprint density at radius 1 is 0.944 bits per heavy atom. The summed E-state index contributed by atoms with van der Waals surface area (Å²) < 4.78 is 0. The Balaban J connectivity index is 2.00. The van der Waals surface area contributed by atoms with Crippen LogP contribution >= 0.6 is 11.6 Å². The van der Waals surface area contributed by atoms with Crippen molar-refractivity contribution < 1.29 is 0 Å². The number of halogens is 1. The Labute approximate surface area is 117 Å². The Kier molecular flexibility index (Phi) is 6.73. The molecule has 0 saturated carbocycles. The van der Waals surface area contributed by atoms with Crippen LogP contribution in [-0.4, -0.2) is 12.1 Å². The van der Waals surface area contributed by atoms with Gasteiger partial charge >= 0.3 is 0 Å². The molecule has 0 fully saturated rings. The average molecular weight is 268 g/mol. The minimum atomic E-state index is 0.253. The highest BCUT2D eigenvalue weighted by Gasteiger charge is 2.06. The summed E-state index contributed by atoms with van der Waals surface area (Å²) in [5, 5.41) is 4.35. The highest BCUT2D eigenvalue weighted by atomic mass is 35.5. The minimum Gasteiger partial charge on any atom is -0.312 e. The molecule has 0 radical (unpaired) electrons. The number of hydrogen-bond acceptors (Lipinski definition) is 1. The molecule has 0 amide bonds. The van der Waals surface area contributed by atoms with Gasteiger partial charge in [0.05, 0.1) is 0 Å². The predicted octanol–water partition coefficient (Wildman–Crippen LogP) is 4.83. The molecule has 0 aliphatic heterocycles. The summed E-state index contributed by atoms with van der Waals surface area (Å²) in [7, 11) is 0. The highest BCUT2D eigenvalue weighted by Crippen LogP contribution is 2.12. The molecule has 1 N–H and O–H groups in total. The summed E-state index contributed by atoms with van der Waals surface area (Å²) >= 11 is 5.86. The van der Waals surface area contributed by atoms with Crippen LogP contribution in [0.1, 0.15) is 52.0 Å². The fourth-order valence-electron chi connectivity index (χ4n) is 1.92. The number of benzene rings is 1. The molecule has 2 heteroatoms. The van der Waals surface area contributed by atoms with E-state index in [2.05, 4.69) is 38.2 Å². The average Bonchev–Trinajstić information content (AvgIpc) is 2.29. The van der Waals surface area contributed by atoms with Gasteiger partial charge in [-0.05, 0) is 64.3 Å². The first-order chi connectivity index (χ1) is 8.47. The molecule has 1 nitrogen and oxygen atoms in total. The highest BCUT2D eigenvalue weighted by molar-refractivity contribution is 6.30. The smallest absolute Gasteiger partial charge is 0.0406 e. The van der Waals surface area contributed by atoms with Gasteiger partial charge in [0.15, 0.2) is 0 Å². The third-order valence-electron chi connectivity index (χ3n) is 2.96. The molecule has 0 spiro atoms. The maximum Gasteiger partial charge on any atom is 0.0406 e. The molecule has 0 unspecified atom stereocenters. The van der Waals surface area contributed by atoms with Gasteiger partial charge in [-0.2, -0.15) is 0 Å². The first-order valence-corrected chi connectivity index (χ1v) is 7.35. The second kappa shape index (κ2) is 7.81. The van der Waals surface area contributed by atoms with Crippen molar-refractivity contribution in [3.8, 4) is 0 Å². The van der Waals surface area contributed by atoms with Crippen molar-refractivity contribution in [3.05, 3.63) is 34.9 Å². The topological polar surface area (TPSA) is 12.0 Å². The lowest BCUT2D eigenvalue weighted by atomic mass is 10.1. The quantitative estimate of drug-likeness (QED) is 0.698. The van der Waals surface area contributed by atoms with Crippen LogP contribution in [0, 0.1) is 0 Å². The lowest BCUT2D eigenvalue weighted by Gasteiger charge is -2.20. The number of aryl methyl sites for hydroxylation is 1. The third kappa shape index (κ3) is 7.73. The molecule has 0 bridgehead atoms. The number of hydrogen-bond donors (Lipinski definition) is 1. The second-order valence-corrected chi connectivity index (χ2v) is 6.40. The number of rotatable bonds is 7. The molecular weight excluding hydrogens is 242 g/mol. The summed E-state index contributed by atoms with van der Waals surface area (Å²) in [6, 6.07) is 8.21. The lowest BCUT2D eigenvalue weighted by molar-refractivity contribution is 0.416. The van der Waals surface area contributed by atoms with Crippen LogP contribution in [0.25, 0.3) is 0 Å². The zero-order valence-electron chi connectivity index (χ0n) is 11.9. The molecule has 0 heterocycles. The zero-order chi connectivity index (χ0) is 13.4. The van der Waals surface area contributed by atoms with E-state index >= 15 is 0 Å². The molecule has 102 valence electrons. The Morgan fingerprint density at radius 3 is 2.17 bits per heavy atom. The number of unbranched alkanes of at least 4 members (excludes halogenated alkanes) is 3. The van der Waals surface area contributed by atoms with Crippen LogP contribution < -0.4 is 5.32 Å². The summed E-state index contributed by atoms with van der Waals surface area (Å²) in [6.45, 7) is 7.78. The van der Waals surface area contributed by atoms with E-state index in [0.717, 1.165) is 11.6 Å². The van der Waals surface area contributed by atoms with Gasteiger partial charge in [-0.25, -0.2) is 0 Å². The lowest BCUT2D eigenvalue weighted by Crippen LogP contribution is -2.36. The van der Waals surface area contributed by atoms with Crippen LogP contribution in [0.15, 0.2) is 24.3 Å². The molecule has 18 heavy (non-hydrogen) atoms. The summed E-state index contributed by atoms with van der Waals surface area (Å²) in [6.07, 6.45) is 6.35. The van der Waals surface area contributed by atoms with Crippen molar-refractivity contribution in [1.29, 1.82) is 0 Å². The van der Waals surface area contributed by atoms with Crippen LogP contribution in [0.2, 0.25) is 5.02 Å². The van der Waals surface area contributed by atoms with E-state index in [1.54, 1.807) is 0 Å². The van der Waals surface area contributed by atoms with E-state index < -0.39 is 0 Å². The van der Waals surface area contributed by atoms with Crippen LogP contribution in [0.4, 0.5) is 0 Å². The Morgan fingerprint density at radius 2 is 1.56 bits per heavy atom. The zero-order valence-corrected chi connectivity index (χ0v) is 12.7. The first kappa shape index (κ1) is 15.5. The molecular formula is C16H26ClN. The van der Waals surface area contributed by atoms with Crippen LogP contribution in [0.3, 0.4) is 0 Å². The van der Waals surface area contributed by atoms with Crippen molar-refractivity contribution in [3.63, 3.8) is 0 Å². The third-order valence-corrected chi connectivity index (χ3v) is 3.21. The maximum absolute atomic E-state index is 5.86. The predicted molar refractivity (Wildman–Crippen MR) is 81.4 cm³/mol. The minimum absolute atomic E-state index is 0.253. The number of nitrogens with one attached hydrogen (secondary N) is 1. The molecule has 0 atom stereocenters. The van der Waals surface area contributed by atoms with Gasteiger partial charge in [0.25, 0.3) is 0 Å². The molecule has 1 rings (SSSR count). The van der Waals surface area contributed by atoms with Crippen molar-refractivity contribution in [2.24, 2.45) is 0 Å². The summed E-state index contributed by atoms with van der Waals surface area (Å²) in [4.78, 5) is 0. The monoisotopic (exact) mass is 267 g/mol. The molecule has 0 saturated heterocycles. The van der Waals surface area contributed by atoms with Gasteiger partial charge in [-0.1, -0.05) is 36.6 Å². The maximum atomic E-state index is 5.86. The fraction of sp³-hybridized carbons (Fsp3) is 0.625. The van der Waals surface area contributed by atoms with Crippen molar-refractivity contribution in [2.45, 2.75) is 58.4 Å².